The lowest BCUT2D eigenvalue weighted by atomic mass is 9.92. The fourth-order valence-corrected chi connectivity index (χ4v) is 7.54. The molecule has 4 nitrogen and oxygen atoms in total. The van der Waals surface area contributed by atoms with Gasteiger partial charge in [-0.05, 0) is 88.0 Å². The molecule has 0 amide bonds. The molecule has 4 heteroatoms. The number of fused-ring (bicyclic) bond motifs is 3. The van der Waals surface area contributed by atoms with Crippen molar-refractivity contribution in [2.75, 3.05) is 0 Å². The Morgan fingerprint density at radius 2 is 0.673 bits per heavy atom. The second-order valence-electron chi connectivity index (χ2n) is 13.7. The standard InChI is InChI=1S/C51H34N4/c1-5-16-35(17-6-1)41-31-42(33-43(32-41)39-28-29-48-46(34-39)45-26-13-14-27-47(45)55(48)44-24-11-4-12-25-44)38-22-15-23-40(30-38)51-53-49(36-18-7-2-8-19-36)52-50(54-51)37-20-9-3-10-21-37/h1-34H. The molecular weight excluding hydrogens is 669 g/mol. The van der Waals surface area contributed by atoms with Crippen LogP contribution in [-0.4, -0.2) is 19.5 Å². The maximum absolute atomic E-state index is 5.02. The molecule has 10 aromatic rings. The first-order valence-corrected chi connectivity index (χ1v) is 18.5. The summed E-state index contributed by atoms with van der Waals surface area (Å²) in [7, 11) is 0. The smallest absolute Gasteiger partial charge is 0.164 e. The number of hydrogen-bond acceptors (Lipinski definition) is 3. The summed E-state index contributed by atoms with van der Waals surface area (Å²) in [5.41, 5.74) is 13.2. The number of aromatic nitrogens is 4. The molecular formula is C51H34N4. The summed E-state index contributed by atoms with van der Waals surface area (Å²) in [5, 5.41) is 2.46. The van der Waals surface area contributed by atoms with Gasteiger partial charge in [0.15, 0.2) is 17.5 Å². The largest absolute Gasteiger partial charge is 0.309 e. The summed E-state index contributed by atoms with van der Waals surface area (Å²) in [4.78, 5) is 14.9. The molecule has 2 aromatic heterocycles. The fourth-order valence-electron chi connectivity index (χ4n) is 7.54. The van der Waals surface area contributed by atoms with E-state index in [4.69, 9.17) is 15.0 Å². The monoisotopic (exact) mass is 702 g/mol. The minimum atomic E-state index is 0.634. The van der Waals surface area contributed by atoms with Crippen molar-refractivity contribution in [1.29, 1.82) is 0 Å². The number of para-hydroxylation sites is 2. The number of nitrogens with zero attached hydrogens (tertiary/aromatic N) is 4. The lowest BCUT2D eigenvalue weighted by Gasteiger charge is -2.13. The highest BCUT2D eigenvalue weighted by Crippen LogP contribution is 2.38. The zero-order valence-corrected chi connectivity index (χ0v) is 29.9. The average Bonchev–Trinajstić information content (AvgIpc) is 3.61. The van der Waals surface area contributed by atoms with Crippen molar-refractivity contribution in [3.8, 4) is 73.2 Å². The predicted octanol–water partition coefficient (Wildman–Crippen LogP) is 13.0. The number of benzene rings is 8. The maximum atomic E-state index is 5.02. The molecule has 8 aromatic carbocycles. The summed E-state index contributed by atoms with van der Waals surface area (Å²) < 4.78 is 2.36. The van der Waals surface area contributed by atoms with Crippen LogP contribution in [0.5, 0.6) is 0 Å². The first-order valence-electron chi connectivity index (χ1n) is 18.5. The zero-order valence-electron chi connectivity index (χ0n) is 29.9. The molecule has 0 aliphatic heterocycles. The first kappa shape index (κ1) is 32.2. The molecule has 55 heavy (non-hydrogen) atoms. The van der Waals surface area contributed by atoms with E-state index in [9.17, 15) is 0 Å². The van der Waals surface area contributed by atoms with Crippen molar-refractivity contribution in [2.45, 2.75) is 0 Å². The van der Waals surface area contributed by atoms with Crippen LogP contribution in [0.15, 0.2) is 206 Å². The summed E-state index contributed by atoms with van der Waals surface area (Å²) in [6.45, 7) is 0. The Labute approximate surface area is 319 Å². The summed E-state index contributed by atoms with van der Waals surface area (Å²) >= 11 is 0. The van der Waals surface area contributed by atoms with Crippen molar-refractivity contribution < 1.29 is 0 Å². The van der Waals surface area contributed by atoms with Gasteiger partial charge in [0.2, 0.25) is 0 Å². The Balaban J connectivity index is 1.12. The highest BCUT2D eigenvalue weighted by Gasteiger charge is 2.16. The van der Waals surface area contributed by atoms with E-state index in [1.165, 1.54) is 27.4 Å². The van der Waals surface area contributed by atoms with Gasteiger partial charge in [0.25, 0.3) is 0 Å². The van der Waals surface area contributed by atoms with E-state index in [0.29, 0.717) is 17.5 Å². The lowest BCUT2D eigenvalue weighted by molar-refractivity contribution is 1.07. The molecule has 0 fully saturated rings. The van der Waals surface area contributed by atoms with E-state index in [-0.39, 0.29) is 0 Å². The lowest BCUT2D eigenvalue weighted by Crippen LogP contribution is -2.00. The van der Waals surface area contributed by atoms with Crippen molar-refractivity contribution >= 4 is 21.8 Å². The van der Waals surface area contributed by atoms with Crippen LogP contribution >= 0.6 is 0 Å². The van der Waals surface area contributed by atoms with Crippen LogP contribution in [0.2, 0.25) is 0 Å². The molecule has 0 atom stereocenters. The van der Waals surface area contributed by atoms with Gasteiger partial charge in [0.1, 0.15) is 0 Å². The van der Waals surface area contributed by atoms with E-state index in [2.05, 4.69) is 150 Å². The summed E-state index contributed by atoms with van der Waals surface area (Å²) in [6, 6.07) is 72.5. The molecule has 0 spiro atoms. The van der Waals surface area contributed by atoms with Gasteiger partial charge in [-0.3, -0.25) is 0 Å². The molecule has 10 rings (SSSR count). The minimum Gasteiger partial charge on any atom is -0.309 e. The Morgan fingerprint density at radius 1 is 0.255 bits per heavy atom. The molecule has 0 radical (unpaired) electrons. The molecule has 0 saturated heterocycles. The number of rotatable bonds is 7. The molecule has 2 heterocycles. The normalized spacial score (nSPS) is 11.3. The van der Waals surface area contributed by atoms with Crippen LogP contribution in [0.25, 0.3) is 95.0 Å². The maximum Gasteiger partial charge on any atom is 0.164 e. The minimum absolute atomic E-state index is 0.634. The van der Waals surface area contributed by atoms with Crippen LogP contribution in [0.4, 0.5) is 0 Å². The van der Waals surface area contributed by atoms with Crippen LogP contribution < -0.4 is 0 Å². The average molecular weight is 703 g/mol. The van der Waals surface area contributed by atoms with Gasteiger partial charge < -0.3 is 4.57 Å². The SMILES string of the molecule is c1ccc(-c2cc(-c3cccc(-c4nc(-c5ccccc5)nc(-c5ccccc5)n4)c3)cc(-c3ccc4c(c3)c3ccccc3n4-c3ccccc3)c2)cc1. The van der Waals surface area contributed by atoms with Crippen molar-refractivity contribution in [2.24, 2.45) is 0 Å². The fraction of sp³-hybridized carbons (Fsp3) is 0. The predicted molar refractivity (Wildman–Crippen MR) is 227 cm³/mol. The van der Waals surface area contributed by atoms with Gasteiger partial charge in [-0.15, -0.1) is 0 Å². The Kier molecular flexibility index (Phi) is 8.12. The van der Waals surface area contributed by atoms with Crippen LogP contribution in [-0.2, 0) is 0 Å². The van der Waals surface area contributed by atoms with Crippen molar-refractivity contribution in [3.63, 3.8) is 0 Å². The van der Waals surface area contributed by atoms with E-state index in [0.717, 1.165) is 50.2 Å². The highest BCUT2D eigenvalue weighted by molar-refractivity contribution is 6.10. The zero-order chi connectivity index (χ0) is 36.6. The van der Waals surface area contributed by atoms with Crippen LogP contribution in [0.1, 0.15) is 0 Å². The van der Waals surface area contributed by atoms with Gasteiger partial charge in [-0.2, -0.15) is 0 Å². The van der Waals surface area contributed by atoms with E-state index < -0.39 is 0 Å². The quantitative estimate of drug-likeness (QED) is 0.166. The second-order valence-corrected chi connectivity index (χ2v) is 13.7. The van der Waals surface area contributed by atoms with Crippen LogP contribution in [0, 0.1) is 0 Å². The van der Waals surface area contributed by atoms with Crippen molar-refractivity contribution in [1.82, 2.24) is 19.5 Å². The third-order valence-electron chi connectivity index (χ3n) is 10.2. The van der Waals surface area contributed by atoms with Gasteiger partial charge in [-0.1, -0.05) is 152 Å². The Hall–Kier alpha value is -7.43. The molecule has 0 aliphatic carbocycles. The first-order chi connectivity index (χ1) is 27.2. The number of hydrogen-bond donors (Lipinski definition) is 0. The van der Waals surface area contributed by atoms with Crippen molar-refractivity contribution in [3.05, 3.63) is 206 Å². The molecule has 0 bridgehead atoms. The molecule has 0 aliphatic rings. The van der Waals surface area contributed by atoms with Crippen LogP contribution in [0.3, 0.4) is 0 Å². The highest BCUT2D eigenvalue weighted by atomic mass is 15.0. The summed E-state index contributed by atoms with van der Waals surface area (Å²) in [6.07, 6.45) is 0. The third kappa shape index (κ3) is 6.16. The Bertz CT molecular complexity index is 2900. The van der Waals surface area contributed by atoms with Gasteiger partial charge in [0, 0.05) is 33.2 Å². The van der Waals surface area contributed by atoms with E-state index in [1.54, 1.807) is 0 Å². The topological polar surface area (TPSA) is 43.6 Å². The Morgan fingerprint density at radius 3 is 1.29 bits per heavy atom. The van der Waals surface area contributed by atoms with Gasteiger partial charge in [0.05, 0.1) is 11.0 Å². The molecule has 0 unspecified atom stereocenters. The van der Waals surface area contributed by atoms with E-state index in [1.807, 2.05) is 60.7 Å². The summed E-state index contributed by atoms with van der Waals surface area (Å²) in [5.74, 6) is 1.92. The van der Waals surface area contributed by atoms with Gasteiger partial charge >= 0.3 is 0 Å². The molecule has 0 N–H and O–H groups in total. The molecule has 0 saturated carbocycles. The third-order valence-corrected chi connectivity index (χ3v) is 10.2. The van der Waals surface area contributed by atoms with E-state index >= 15 is 0 Å². The molecule has 258 valence electrons. The van der Waals surface area contributed by atoms with Gasteiger partial charge in [-0.25, -0.2) is 15.0 Å². The second kappa shape index (κ2) is 13.8.